The molecule has 2 heterocycles. The molecule has 0 spiro atoms. The van der Waals surface area contributed by atoms with E-state index in [1.165, 1.54) is 6.07 Å². The molecule has 2 aromatic carbocycles. The van der Waals surface area contributed by atoms with E-state index in [0.29, 0.717) is 18.2 Å². The maximum atomic E-state index is 13.8. The summed E-state index contributed by atoms with van der Waals surface area (Å²) in [6.07, 6.45) is 1.56. The number of hydrogen-bond acceptors (Lipinski definition) is 5. The molecular weight excluding hydrogens is 359 g/mol. The van der Waals surface area contributed by atoms with Crippen LogP contribution in [0.2, 0.25) is 0 Å². The fraction of sp³-hybridized carbons (Fsp3) is 0.286. The number of rotatable bonds is 4. The lowest BCUT2D eigenvalue weighted by molar-refractivity contribution is -0.120. The van der Waals surface area contributed by atoms with Crippen LogP contribution in [0.3, 0.4) is 0 Å². The fourth-order valence-corrected chi connectivity index (χ4v) is 3.50. The summed E-state index contributed by atoms with van der Waals surface area (Å²) in [5.74, 6) is 0.165. The van der Waals surface area contributed by atoms with Crippen molar-refractivity contribution in [2.45, 2.75) is 12.8 Å². The number of nitrogens with one attached hydrogen (secondary N) is 1. The number of anilines is 2. The zero-order chi connectivity index (χ0) is 19.5. The van der Waals surface area contributed by atoms with E-state index >= 15 is 0 Å². The molecule has 1 aliphatic heterocycles. The van der Waals surface area contributed by atoms with Crippen molar-refractivity contribution in [3.63, 3.8) is 0 Å². The average Bonchev–Trinajstić information content (AvgIpc) is 2.74. The monoisotopic (exact) mass is 380 g/mol. The summed E-state index contributed by atoms with van der Waals surface area (Å²) in [6.45, 7) is 1.23. The van der Waals surface area contributed by atoms with Gasteiger partial charge >= 0.3 is 0 Å². The fourth-order valence-electron chi connectivity index (χ4n) is 3.50. The number of halogens is 1. The summed E-state index contributed by atoms with van der Waals surface area (Å²) in [6, 6.07) is 13.8. The largest absolute Gasteiger partial charge is 0.478 e. The van der Waals surface area contributed by atoms with Crippen molar-refractivity contribution in [3.8, 4) is 5.88 Å². The van der Waals surface area contributed by atoms with E-state index in [9.17, 15) is 9.18 Å². The van der Waals surface area contributed by atoms with E-state index in [-0.39, 0.29) is 17.5 Å². The van der Waals surface area contributed by atoms with Gasteiger partial charge in [0, 0.05) is 13.1 Å². The number of para-hydroxylation sites is 3. The van der Waals surface area contributed by atoms with Crippen molar-refractivity contribution in [1.82, 2.24) is 9.97 Å². The van der Waals surface area contributed by atoms with Gasteiger partial charge in [-0.2, -0.15) is 0 Å². The normalized spacial score (nSPS) is 16.8. The van der Waals surface area contributed by atoms with Crippen molar-refractivity contribution in [3.05, 3.63) is 54.3 Å². The topological polar surface area (TPSA) is 67.4 Å². The molecule has 1 atom stereocenters. The molecule has 1 fully saturated rings. The van der Waals surface area contributed by atoms with Crippen LogP contribution in [0.25, 0.3) is 11.0 Å². The molecule has 6 nitrogen and oxygen atoms in total. The maximum absolute atomic E-state index is 13.8. The molecule has 1 aromatic heterocycles. The second-order valence-corrected chi connectivity index (χ2v) is 6.80. The third-order valence-corrected chi connectivity index (χ3v) is 4.94. The number of fused-ring (bicyclic) bond motifs is 1. The van der Waals surface area contributed by atoms with Crippen LogP contribution in [0.4, 0.5) is 15.9 Å². The predicted octanol–water partition coefficient (Wildman–Crippen LogP) is 3.63. The number of methoxy groups -OCH3 is 1. The maximum Gasteiger partial charge on any atom is 0.257 e. The Morgan fingerprint density at radius 1 is 1.14 bits per heavy atom. The van der Waals surface area contributed by atoms with Gasteiger partial charge in [-0.05, 0) is 37.1 Å². The van der Waals surface area contributed by atoms with E-state index in [4.69, 9.17) is 9.72 Å². The molecule has 1 aliphatic rings. The van der Waals surface area contributed by atoms with Gasteiger partial charge < -0.3 is 15.0 Å². The summed E-state index contributed by atoms with van der Waals surface area (Å²) >= 11 is 0. The van der Waals surface area contributed by atoms with E-state index in [2.05, 4.69) is 10.3 Å². The third kappa shape index (κ3) is 3.60. The molecule has 144 valence electrons. The smallest absolute Gasteiger partial charge is 0.257 e. The Balaban J connectivity index is 1.56. The van der Waals surface area contributed by atoms with Gasteiger partial charge in [0.1, 0.15) is 5.82 Å². The Hall–Kier alpha value is -3.22. The van der Waals surface area contributed by atoms with Crippen LogP contribution in [-0.4, -0.2) is 36.1 Å². The highest BCUT2D eigenvalue weighted by Gasteiger charge is 2.29. The summed E-state index contributed by atoms with van der Waals surface area (Å²) in [4.78, 5) is 24.0. The van der Waals surface area contributed by atoms with E-state index in [1.54, 1.807) is 25.3 Å². The summed E-state index contributed by atoms with van der Waals surface area (Å²) < 4.78 is 19.3. The van der Waals surface area contributed by atoms with Crippen molar-refractivity contribution < 1.29 is 13.9 Å². The number of benzene rings is 2. The molecule has 0 aliphatic carbocycles. The molecule has 28 heavy (non-hydrogen) atoms. The Morgan fingerprint density at radius 3 is 2.61 bits per heavy atom. The highest BCUT2D eigenvalue weighted by Crippen LogP contribution is 2.30. The van der Waals surface area contributed by atoms with Gasteiger partial charge in [0.15, 0.2) is 5.82 Å². The van der Waals surface area contributed by atoms with Crippen LogP contribution in [0.15, 0.2) is 48.5 Å². The number of nitrogens with zero attached hydrogens (tertiary/aromatic N) is 3. The number of piperidine rings is 1. The van der Waals surface area contributed by atoms with Crippen LogP contribution < -0.4 is 15.0 Å². The number of aromatic nitrogens is 2. The summed E-state index contributed by atoms with van der Waals surface area (Å²) in [5, 5.41) is 2.70. The van der Waals surface area contributed by atoms with Gasteiger partial charge in [0.25, 0.3) is 5.88 Å². The molecule has 1 amide bonds. The van der Waals surface area contributed by atoms with Crippen molar-refractivity contribution in [2.24, 2.45) is 5.92 Å². The number of carbonyl (C=O) groups is 1. The van der Waals surface area contributed by atoms with Gasteiger partial charge in [-0.15, -0.1) is 0 Å². The van der Waals surface area contributed by atoms with Crippen LogP contribution in [0.1, 0.15) is 12.8 Å². The first-order valence-electron chi connectivity index (χ1n) is 9.27. The van der Waals surface area contributed by atoms with Gasteiger partial charge in [0.05, 0.1) is 29.7 Å². The standard InChI is InChI=1S/C21H21FN4O2/c1-28-21-19(23-17-10-4-5-11-18(17)25-21)26-12-6-7-14(13-26)20(27)24-16-9-3-2-8-15(16)22/h2-5,8-11,14H,6-7,12-13H2,1H3,(H,24,27). The Labute approximate surface area is 162 Å². The minimum Gasteiger partial charge on any atom is -0.478 e. The second kappa shape index (κ2) is 7.80. The molecular formula is C21H21FN4O2. The average molecular weight is 380 g/mol. The SMILES string of the molecule is COc1nc2ccccc2nc1N1CCCC(C(=O)Nc2ccccc2F)C1. The van der Waals surface area contributed by atoms with E-state index in [0.717, 1.165) is 30.4 Å². The second-order valence-electron chi connectivity index (χ2n) is 6.80. The first-order chi connectivity index (χ1) is 13.7. The van der Waals surface area contributed by atoms with Crippen LogP contribution in [0.5, 0.6) is 5.88 Å². The molecule has 7 heteroatoms. The first kappa shape index (κ1) is 18.2. The minimum absolute atomic E-state index is 0.192. The van der Waals surface area contributed by atoms with Gasteiger partial charge in [-0.3, -0.25) is 4.79 Å². The Morgan fingerprint density at radius 2 is 1.86 bits per heavy atom. The molecule has 1 unspecified atom stereocenters. The predicted molar refractivity (Wildman–Crippen MR) is 106 cm³/mol. The van der Waals surface area contributed by atoms with E-state index in [1.807, 2.05) is 29.2 Å². The highest BCUT2D eigenvalue weighted by atomic mass is 19.1. The molecule has 0 bridgehead atoms. The lowest BCUT2D eigenvalue weighted by atomic mass is 9.97. The summed E-state index contributed by atoms with van der Waals surface area (Å²) in [7, 11) is 1.56. The van der Waals surface area contributed by atoms with Gasteiger partial charge in [-0.1, -0.05) is 24.3 Å². The first-order valence-corrected chi connectivity index (χ1v) is 9.27. The van der Waals surface area contributed by atoms with Crippen molar-refractivity contribution >= 4 is 28.4 Å². The molecule has 0 radical (unpaired) electrons. The van der Waals surface area contributed by atoms with Gasteiger partial charge in [-0.25, -0.2) is 14.4 Å². The molecule has 0 saturated carbocycles. The zero-order valence-electron chi connectivity index (χ0n) is 15.6. The lowest BCUT2D eigenvalue weighted by Crippen LogP contribution is -2.41. The molecule has 3 aromatic rings. The Kier molecular flexibility index (Phi) is 5.06. The highest BCUT2D eigenvalue weighted by molar-refractivity contribution is 5.93. The minimum atomic E-state index is -0.439. The number of amides is 1. The van der Waals surface area contributed by atoms with Crippen LogP contribution in [0, 0.1) is 11.7 Å². The lowest BCUT2D eigenvalue weighted by Gasteiger charge is -2.33. The van der Waals surface area contributed by atoms with Crippen molar-refractivity contribution in [1.29, 1.82) is 0 Å². The van der Waals surface area contributed by atoms with Gasteiger partial charge in [0.2, 0.25) is 5.91 Å². The molecule has 1 N–H and O–H groups in total. The molecule has 1 saturated heterocycles. The van der Waals surface area contributed by atoms with Crippen LogP contribution >= 0.6 is 0 Å². The number of ether oxygens (including phenoxy) is 1. The van der Waals surface area contributed by atoms with Crippen LogP contribution in [-0.2, 0) is 4.79 Å². The van der Waals surface area contributed by atoms with E-state index < -0.39 is 5.82 Å². The summed E-state index contributed by atoms with van der Waals surface area (Å²) in [5.41, 5.74) is 1.73. The van der Waals surface area contributed by atoms with Crippen molar-refractivity contribution in [2.75, 3.05) is 30.4 Å². The number of carbonyl (C=O) groups excluding carboxylic acids is 1. The Bertz CT molecular complexity index is 1010. The number of hydrogen-bond donors (Lipinski definition) is 1. The third-order valence-electron chi connectivity index (χ3n) is 4.94. The molecule has 4 rings (SSSR count). The quantitative estimate of drug-likeness (QED) is 0.749. The zero-order valence-corrected chi connectivity index (χ0v) is 15.6.